The molecule has 0 radical (unpaired) electrons. The molecule has 2 heteroatoms. The number of halogens is 1. The van der Waals surface area contributed by atoms with Crippen molar-refractivity contribution in [2.24, 2.45) is 0 Å². The van der Waals surface area contributed by atoms with Gasteiger partial charge in [-0.15, -0.1) is 0 Å². The highest BCUT2D eigenvalue weighted by atomic mass is 19.1. The van der Waals surface area contributed by atoms with Crippen LogP contribution < -0.4 is 5.32 Å². The first-order chi connectivity index (χ1) is 9.97. The van der Waals surface area contributed by atoms with Crippen LogP contribution in [0.2, 0.25) is 0 Å². The van der Waals surface area contributed by atoms with E-state index in [0.29, 0.717) is 17.0 Å². The molecule has 0 atom stereocenters. The highest BCUT2D eigenvalue weighted by Crippen LogP contribution is 2.16. The van der Waals surface area contributed by atoms with Crippen LogP contribution in [0.1, 0.15) is 47.6 Å². The van der Waals surface area contributed by atoms with E-state index in [-0.39, 0.29) is 5.82 Å². The Morgan fingerprint density at radius 2 is 1.43 bits per heavy atom. The number of rotatable bonds is 5. The average Bonchev–Trinajstić information content (AvgIpc) is 2.45. The van der Waals surface area contributed by atoms with Crippen molar-refractivity contribution in [3.8, 4) is 0 Å². The summed E-state index contributed by atoms with van der Waals surface area (Å²) in [6, 6.07) is 12.5. The van der Waals surface area contributed by atoms with Gasteiger partial charge in [-0.25, -0.2) is 4.39 Å². The first kappa shape index (κ1) is 15.7. The number of aryl methyl sites for hydroxylation is 2. The van der Waals surface area contributed by atoms with Crippen molar-refractivity contribution in [3.05, 3.63) is 70.0 Å². The molecule has 0 aliphatic heterocycles. The predicted octanol–water partition coefficient (Wildman–Crippen LogP) is 4.86. The van der Waals surface area contributed by atoms with Crippen LogP contribution in [0.25, 0.3) is 0 Å². The average molecular weight is 285 g/mol. The molecule has 0 unspecified atom stereocenters. The molecule has 0 bridgehead atoms. The lowest BCUT2D eigenvalue weighted by molar-refractivity contribution is 0.606. The van der Waals surface area contributed by atoms with E-state index >= 15 is 0 Å². The Hall–Kier alpha value is -1.67. The maximum atomic E-state index is 13.6. The second-order valence-electron chi connectivity index (χ2n) is 6.04. The van der Waals surface area contributed by atoms with Gasteiger partial charge in [0.05, 0.1) is 0 Å². The van der Waals surface area contributed by atoms with Gasteiger partial charge in [0.15, 0.2) is 0 Å². The SMILES string of the molecule is Cc1cc(CNCc2ccc(C(C)C)cc2)cc(C)c1F. The molecule has 0 heterocycles. The molecule has 0 saturated carbocycles. The van der Waals surface area contributed by atoms with E-state index < -0.39 is 0 Å². The van der Waals surface area contributed by atoms with Gasteiger partial charge in [-0.2, -0.15) is 0 Å². The Balaban J connectivity index is 1.92. The fourth-order valence-corrected chi connectivity index (χ4v) is 2.51. The number of hydrogen-bond acceptors (Lipinski definition) is 1. The molecule has 1 nitrogen and oxygen atoms in total. The third-order valence-electron chi connectivity index (χ3n) is 3.80. The fourth-order valence-electron chi connectivity index (χ4n) is 2.51. The molecule has 2 aromatic carbocycles. The summed E-state index contributed by atoms with van der Waals surface area (Å²) in [5.74, 6) is 0.472. The van der Waals surface area contributed by atoms with E-state index in [1.807, 2.05) is 26.0 Å². The van der Waals surface area contributed by atoms with Gasteiger partial charge in [0, 0.05) is 13.1 Å². The Labute approximate surface area is 127 Å². The third-order valence-corrected chi connectivity index (χ3v) is 3.80. The van der Waals surface area contributed by atoms with Gasteiger partial charge in [0.1, 0.15) is 5.82 Å². The fraction of sp³-hybridized carbons (Fsp3) is 0.368. The zero-order chi connectivity index (χ0) is 15.4. The highest BCUT2D eigenvalue weighted by Gasteiger charge is 2.04. The van der Waals surface area contributed by atoms with Gasteiger partial charge in [-0.3, -0.25) is 0 Å². The smallest absolute Gasteiger partial charge is 0.129 e. The van der Waals surface area contributed by atoms with Gasteiger partial charge < -0.3 is 5.32 Å². The van der Waals surface area contributed by atoms with Crippen LogP contribution in [0.15, 0.2) is 36.4 Å². The molecule has 1 N–H and O–H groups in total. The first-order valence-corrected chi connectivity index (χ1v) is 7.52. The summed E-state index contributed by atoms with van der Waals surface area (Å²) in [6.07, 6.45) is 0. The first-order valence-electron chi connectivity index (χ1n) is 7.52. The summed E-state index contributed by atoms with van der Waals surface area (Å²) < 4.78 is 13.6. The zero-order valence-corrected chi connectivity index (χ0v) is 13.3. The van der Waals surface area contributed by atoms with E-state index in [9.17, 15) is 4.39 Å². The maximum absolute atomic E-state index is 13.6. The minimum atomic E-state index is -0.0944. The van der Waals surface area contributed by atoms with Crippen LogP contribution in [-0.2, 0) is 13.1 Å². The van der Waals surface area contributed by atoms with E-state index in [4.69, 9.17) is 0 Å². The summed E-state index contributed by atoms with van der Waals surface area (Å²) in [6.45, 7) is 9.62. The molecule has 2 rings (SSSR count). The lowest BCUT2D eigenvalue weighted by Crippen LogP contribution is -2.13. The Bertz CT molecular complexity index is 576. The van der Waals surface area contributed by atoms with Gasteiger partial charge in [-0.05, 0) is 47.6 Å². The minimum absolute atomic E-state index is 0.0944. The molecule has 0 fully saturated rings. The molecular weight excluding hydrogens is 261 g/mol. The molecule has 0 aliphatic carbocycles. The monoisotopic (exact) mass is 285 g/mol. The van der Waals surface area contributed by atoms with Gasteiger partial charge in [0.25, 0.3) is 0 Å². The molecule has 0 amide bonds. The molecule has 0 aromatic heterocycles. The summed E-state index contributed by atoms with van der Waals surface area (Å²) in [4.78, 5) is 0. The van der Waals surface area contributed by atoms with Crippen molar-refractivity contribution in [1.82, 2.24) is 5.32 Å². The summed E-state index contributed by atoms with van der Waals surface area (Å²) >= 11 is 0. The minimum Gasteiger partial charge on any atom is -0.309 e. The van der Waals surface area contributed by atoms with Crippen molar-refractivity contribution < 1.29 is 4.39 Å². The van der Waals surface area contributed by atoms with E-state index in [0.717, 1.165) is 18.7 Å². The lowest BCUT2D eigenvalue weighted by atomic mass is 10.0. The summed E-state index contributed by atoms with van der Waals surface area (Å²) in [5, 5.41) is 3.42. The molecule has 0 saturated heterocycles. The second kappa shape index (κ2) is 6.86. The highest BCUT2D eigenvalue weighted by molar-refractivity contribution is 5.30. The quantitative estimate of drug-likeness (QED) is 0.827. The number of hydrogen-bond donors (Lipinski definition) is 1. The van der Waals surface area contributed by atoms with Crippen molar-refractivity contribution in [2.75, 3.05) is 0 Å². The van der Waals surface area contributed by atoms with E-state index in [2.05, 4.69) is 43.4 Å². The van der Waals surface area contributed by atoms with Crippen LogP contribution >= 0.6 is 0 Å². The summed E-state index contributed by atoms with van der Waals surface area (Å²) in [5.41, 5.74) is 5.20. The normalized spacial score (nSPS) is 11.1. The topological polar surface area (TPSA) is 12.0 Å². The second-order valence-corrected chi connectivity index (χ2v) is 6.04. The van der Waals surface area contributed by atoms with Crippen LogP contribution in [0, 0.1) is 19.7 Å². The van der Waals surface area contributed by atoms with Crippen molar-refractivity contribution >= 4 is 0 Å². The van der Waals surface area contributed by atoms with Gasteiger partial charge >= 0.3 is 0 Å². The van der Waals surface area contributed by atoms with Crippen LogP contribution in [0.4, 0.5) is 4.39 Å². The van der Waals surface area contributed by atoms with E-state index in [1.165, 1.54) is 11.1 Å². The van der Waals surface area contributed by atoms with E-state index in [1.54, 1.807) is 0 Å². The van der Waals surface area contributed by atoms with Crippen molar-refractivity contribution in [1.29, 1.82) is 0 Å². The molecule has 0 aliphatic rings. The predicted molar refractivity (Wildman–Crippen MR) is 86.9 cm³/mol. The number of benzene rings is 2. The van der Waals surface area contributed by atoms with Crippen molar-refractivity contribution in [3.63, 3.8) is 0 Å². The molecular formula is C19H24FN. The third kappa shape index (κ3) is 4.15. The van der Waals surface area contributed by atoms with Gasteiger partial charge in [-0.1, -0.05) is 50.2 Å². The Kier molecular flexibility index (Phi) is 5.13. The zero-order valence-electron chi connectivity index (χ0n) is 13.3. The maximum Gasteiger partial charge on any atom is 0.129 e. The number of nitrogens with one attached hydrogen (secondary N) is 1. The molecule has 0 spiro atoms. The molecule has 112 valence electrons. The van der Waals surface area contributed by atoms with Crippen LogP contribution in [0.3, 0.4) is 0 Å². The van der Waals surface area contributed by atoms with Gasteiger partial charge in [0.2, 0.25) is 0 Å². The Morgan fingerprint density at radius 3 is 1.95 bits per heavy atom. The standard InChI is InChI=1S/C19H24FN/c1-13(2)18-7-5-16(6-8-18)11-21-12-17-9-14(3)19(20)15(4)10-17/h5-10,13,21H,11-12H2,1-4H3. The van der Waals surface area contributed by atoms with Crippen LogP contribution in [0.5, 0.6) is 0 Å². The van der Waals surface area contributed by atoms with Crippen molar-refractivity contribution in [2.45, 2.75) is 46.7 Å². The molecule has 2 aromatic rings. The largest absolute Gasteiger partial charge is 0.309 e. The summed E-state index contributed by atoms with van der Waals surface area (Å²) in [7, 11) is 0. The van der Waals surface area contributed by atoms with Crippen LogP contribution in [-0.4, -0.2) is 0 Å². The molecule has 21 heavy (non-hydrogen) atoms. The Morgan fingerprint density at radius 1 is 0.905 bits per heavy atom. The lowest BCUT2D eigenvalue weighted by Gasteiger charge is -2.10.